The van der Waals surface area contributed by atoms with Gasteiger partial charge in [-0.1, -0.05) is 36.4 Å². The van der Waals surface area contributed by atoms with E-state index < -0.39 is 0 Å². The Kier molecular flexibility index (Phi) is 3.85. The summed E-state index contributed by atoms with van der Waals surface area (Å²) in [4.78, 5) is 1.06. The van der Waals surface area contributed by atoms with Crippen molar-refractivity contribution in [2.75, 3.05) is 0 Å². The maximum absolute atomic E-state index is 9.08. The summed E-state index contributed by atoms with van der Waals surface area (Å²) in [7, 11) is 0. The summed E-state index contributed by atoms with van der Waals surface area (Å²) in [5.74, 6) is 0.901. The average Bonchev–Trinajstić information content (AvgIpc) is 2.38. The van der Waals surface area contributed by atoms with Crippen LogP contribution in [0.15, 0.2) is 53.4 Å². The van der Waals surface area contributed by atoms with Crippen molar-refractivity contribution in [3.05, 3.63) is 65.2 Å². The van der Waals surface area contributed by atoms with Crippen LogP contribution in [0.25, 0.3) is 0 Å². The second kappa shape index (κ2) is 5.56. The van der Waals surface area contributed by atoms with Gasteiger partial charge in [0.1, 0.15) is 6.07 Å². The molecule has 1 nitrogen and oxygen atoms in total. The van der Waals surface area contributed by atoms with E-state index in [1.165, 1.54) is 5.56 Å². The van der Waals surface area contributed by atoms with Crippen LogP contribution in [0.1, 0.15) is 16.7 Å². The zero-order valence-corrected chi connectivity index (χ0v) is 10.5. The van der Waals surface area contributed by atoms with Gasteiger partial charge in [-0.15, -0.1) is 11.8 Å². The van der Waals surface area contributed by atoms with Crippen molar-refractivity contribution in [3.8, 4) is 6.07 Å². The second-order valence-electron chi connectivity index (χ2n) is 3.89. The van der Waals surface area contributed by atoms with E-state index in [2.05, 4.69) is 18.2 Å². The molecule has 0 aliphatic rings. The fourth-order valence-electron chi connectivity index (χ4n) is 1.59. The van der Waals surface area contributed by atoms with Crippen LogP contribution < -0.4 is 0 Å². The maximum Gasteiger partial charge on any atom is 0.100 e. The van der Waals surface area contributed by atoms with Crippen molar-refractivity contribution in [3.63, 3.8) is 0 Å². The third-order valence-corrected chi connectivity index (χ3v) is 3.64. The van der Waals surface area contributed by atoms with Crippen molar-refractivity contribution in [2.24, 2.45) is 0 Å². The molecule has 0 aliphatic carbocycles. The number of aryl methyl sites for hydroxylation is 1. The summed E-state index contributed by atoms with van der Waals surface area (Å²) >= 11 is 1.71. The van der Waals surface area contributed by atoms with Crippen molar-refractivity contribution in [2.45, 2.75) is 17.6 Å². The summed E-state index contributed by atoms with van der Waals surface area (Å²) in [6, 6.07) is 18.6. The molecule has 0 saturated carbocycles. The monoisotopic (exact) mass is 239 g/mol. The van der Waals surface area contributed by atoms with Gasteiger partial charge < -0.3 is 0 Å². The number of benzene rings is 2. The highest BCUT2D eigenvalue weighted by Crippen LogP contribution is 2.26. The van der Waals surface area contributed by atoms with Gasteiger partial charge in [-0.3, -0.25) is 0 Å². The third-order valence-electron chi connectivity index (χ3n) is 2.49. The van der Waals surface area contributed by atoms with Gasteiger partial charge in [-0.2, -0.15) is 5.26 Å². The Labute approximate surface area is 106 Å². The minimum Gasteiger partial charge on any atom is -0.192 e. The molecule has 0 heterocycles. The van der Waals surface area contributed by atoms with E-state index in [4.69, 9.17) is 5.26 Å². The van der Waals surface area contributed by atoms with Gasteiger partial charge in [0.15, 0.2) is 0 Å². The molecule has 0 radical (unpaired) electrons. The number of hydrogen-bond donors (Lipinski definition) is 0. The fraction of sp³-hybridized carbons (Fsp3) is 0.133. The predicted molar refractivity (Wildman–Crippen MR) is 71.9 cm³/mol. The Bertz CT molecular complexity index is 541. The molecule has 0 N–H and O–H groups in total. The van der Waals surface area contributed by atoms with Crippen LogP contribution in [0, 0.1) is 18.3 Å². The van der Waals surface area contributed by atoms with Crippen LogP contribution in [-0.4, -0.2) is 0 Å². The molecule has 0 bridgehead atoms. The highest BCUT2D eigenvalue weighted by molar-refractivity contribution is 7.98. The van der Waals surface area contributed by atoms with Crippen LogP contribution in [0.2, 0.25) is 0 Å². The number of hydrogen-bond acceptors (Lipinski definition) is 2. The van der Waals surface area contributed by atoms with E-state index in [1.807, 2.05) is 43.3 Å². The molecular weight excluding hydrogens is 226 g/mol. The van der Waals surface area contributed by atoms with Crippen LogP contribution in [0.5, 0.6) is 0 Å². The fourth-order valence-corrected chi connectivity index (χ4v) is 2.53. The molecule has 0 aromatic heterocycles. The smallest absolute Gasteiger partial charge is 0.100 e. The van der Waals surface area contributed by atoms with E-state index in [1.54, 1.807) is 11.8 Å². The average molecular weight is 239 g/mol. The number of nitriles is 1. The molecule has 2 rings (SSSR count). The van der Waals surface area contributed by atoms with Gasteiger partial charge in [0.25, 0.3) is 0 Å². The van der Waals surface area contributed by atoms with E-state index in [0.717, 1.165) is 21.8 Å². The molecule has 0 fully saturated rings. The Morgan fingerprint density at radius 3 is 2.59 bits per heavy atom. The van der Waals surface area contributed by atoms with E-state index >= 15 is 0 Å². The second-order valence-corrected chi connectivity index (χ2v) is 4.90. The molecule has 0 atom stereocenters. The summed E-state index contributed by atoms with van der Waals surface area (Å²) in [5.41, 5.74) is 3.18. The topological polar surface area (TPSA) is 23.8 Å². The lowest BCUT2D eigenvalue weighted by Crippen LogP contribution is -1.85. The first-order chi connectivity index (χ1) is 8.29. The first-order valence-corrected chi connectivity index (χ1v) is 6.45. The minimum atomic E-state index is 0.769. The van der Waals surface area contributed by atoms with Gasteiger partial charge in [-0.05, 0) is 30.2 Å². The van der Waals surface area contributed by atoms with Crippen LogP contribution in [0.3, 0.4) is 0 Å². The van der Waals surface area contributed by atoms with Crippen molar-refractivity contribution >= 4 is 11.8 Å². The molecule has 84 valence electrons. The number of thioether (sulfide) groups is 1. The molecule has 0 amide bonds. The highest BCUT2D eigenvalue weighted by Gasteiger charge is 2.03. The van der Waals surface area contributed by atoms with E-state index in [-0.39, 0.29) is 0 Å². The summed E-state index contributed by atoms with van der Waals surface area (Å²) in [5, 5.41) is 9.08. The molecule has 0 saturated heterocycles. The summed E-state index contributed by atoms with van der Waals surface area (Å²) < 4.78 is 0. The molecule has 2 aromatic carbocycles. The van der Waals surface area contributed by atoms with E-state index in [0.29, 0.717) is 0 Å². The van der Waals surface area contributed by atoms with Gasteiger partial charge in [0.2, 0.25) is 0 Å². The summed E-state index contributed by atoms with van der Waals surface area (Å²) in [6.45, 7) is 2.01. The highest BCUT2D eigenvalue weighted by atomic mass is 32.2. The minimum absolute atomic E-state index is 0.769. The van der Waals surface area contributed by atoms with Crippen molar-refractivity contribution in [1.29, 1.82) is 5.26 Å². The Morgan fingerprint density at radius 1 is 1.12 bits per heavy atom. The van der Waals surface area contributed by atoms with Gasteiger partial charge in [0.05, 0.1) is 5.56 Å². The van der Waals surface area contributed by atoms with Crippen LogP contribution in [-0.2, 0) is 5.75 Å². The first kappa shape index (κ1) is 11.8. The molecule has 2 aromatic rings. The lowest BCUT2D eigenvalue weighted by molar-refractivity contribution is 1.30. The third kappa shape index (κ3) is 3.12. The lowest BCUT2D eigenvalue weighted by atomic mass is 10.2. The number of nitrogens with zero attached hydrogens (tertiary/aromatic N) is 1. The van der Waals surface area contributed by atoms with Gasteiger partial charge >= 0.3 is 0 Å². The van der Waals surface area contributed by atoms with Crippen LogP contribution >= 0.6 is 11.8 Å². The lowest BCUT2D eigenvalue weighted by Gasteiger charge is -2.05. The molecule has 0 spiro atoms. The zero-order chi connectivity index (χ0) is 12.1. The van der Waals surface area contributed by atoms with Crippen molar-refractivity contribution < 1.29 is 0 Å². The quantitative estimate of drug-likeness (QED) is 0.751. The summed E-state index contributed by atoms with van der Waals surface area (Å²) in [6.07, 6.45) is 0. The van der Waals surface area contributed by atoms with Crippen molar-refractivity contribution in [1.82, 2.24) is 0 Å². The van der Waals surface area contributed by atoms with E-state index in [9.17, 15) is 0 Å². The molecule has 0 aliphatic heterocycles. The molecule has 0 unspecified atom stereocenters. The largest absolute Gasteiger partial charge is 0.192 e. The Hall–Kier alpha value is -1.72. The maximum atomic E-state index is 9.08. The molecule has 2 heteroatoms. The normalized spacial score (nSPS) is 9.88. The van der Waals surface area contributed by atoms with Gasteiger partial charge in [-0.25, -0.2) is 0 Å². The molecule has 17 heavy (non-hydrogen) atoms. The standard InChI is InChI=1S/C15H13NS/c1-12-7-8-15(14(9-12)10-16)17-11-13-5-3-2-4-6-13/h2-9H,11H2,1H3. The first-order valence-electron chi connectivity index (χ1n) is 5.47. The Morgan fingerprint density at radius 2 is 1.88 bits per heavy atom. The van der Waals surface area contributed by atoms with Crippen LogP contribution in [0.4, 0.5) is 0 Å². The zero-order valence-electron chi connectivity index (χ0n) is 9.68. The predicted octanol–water partition coefficient (Wildman–Crippen LogP) is 4.16. The Balaban J connectivity index is 2.12. The van der Waals surface area contributed by atoms with Gasteiger partial charge in [0, 0.05) is 10.6 Å². The SMILES string of the molecule is Cc1ccc(SCc2ccccc2)c(C#N)c1. The molecular formula is C15H13NS. The number of rotatable bonds is 3.